The molecule has 1 aromatic carbocycles. The summed E-state index contributed by atoms with van der Waals surface area (Å²) in [6.45, 7) is 5.51. The Hall–Kier alpha value is -1.55. The van der Waals surface area contributed by atoms with Gasteiger partial charge in [-0.3, -0.25) is 5.10 Å². The smallest absolute Gasteiger partial charge is 0.0694 e. The molecule has 1 aromatic heterocycles. The van der Waals surface area contributed by atoms with Gasteiger partial charge in [-0.05, 0) is 24.6 Å². The Balaban J connectivity index is 1.60. The van der Waals surface area contributed by atoms with Crippen molar-refractivity contribution >= 4 is 16.6 Å². The van der Waals surface area contributed by atoms with E-state index in [4.69, 9.17) is 4.74 Å². The Morgan fingerprint density at radius 2 is 2.32 bits per heavy atom. The Labute approximate surface area is 112 Å². The van der Waals surface area contributed by atoms with Crippen LogP contribution in [0.25, 0.3) is 10.9 Å². The molecule has 2 aliphatic rings. The summed E-state index contributed by atoms with van der Waals surface area (Å²) in [6, 6.07) is 6.88. The highest BCUT2D eigenvalue weighted by Crippen LogP contribution is 2.53. The zero-order valence-corrected chi connectivity index (χ0v) is 11.3. The molecule has 1 saturated carbocycles. The summed E-state index contributed by atoms with van der Waals surface area (Å²) in [7, 11) is 0. The summed E-state index contributed by atoms with van der Waals surface area (Å²) in [5.41, 5.74) is 2.46. The number of H-pyrrole nitrogens is 1. The van der Waals surface area contributed by atoms with Crippen molar-refractivity contribution in [3.05, 3.63) is 24.4 Å². The van der Waals surface area contributed by atoms with Gasteiger partial charge in [0.05, 0.1) is 17.8 Å². The number of nitrogens with one attached hydrogen (secondary N) is 2. The molecule has 100 valence electrons. The lowest BCUT2D eigenvalue weighted by molar-refractivity contribution is -0.0923. The van der Waals surface area contributed by atoms with Crippen LogP contribution in [0.1, 0.15) is 20.3 Å². The van der Waals surface area contributed by atoms with E-state index in [1.165, 1.54) is 12.1 Å². The van der Waals surface area contributed by atoms with Gasteiger partial charge in [0.15, 0.2) is 0 Å². The molecule has 3 unspecified atom stereocenters. The second kappa shape index (κ2) is 3.73. The molecule has 4 heteroatoms. The largest absolute Gasteiger partial charge is 0.381 e. The first-order valence-corrected chi connectivity index (χ1v) is 6.97. The van der Waals surface area contributed by atoms with Gasteiger partial charge in [-0.2, -0.15) is 5.10 Å². The SMILES string of the molecule is CC1(C)C(Nc2ccc3cn[nH]c3c2)C2CCOC21. The number of ether oxygens (including phenoxy) is 1. The molecule has 1 saturated heterocycles. The van der Waals surface area contributed by atoms with Crippen LogP contribution in [0.5, 0.6) is 0 Å². The maximum atomic E-state index is 5.84. The molecule has 2 heterocycles. The van der Waals surface area contributed by atoms with Crippen molar-refractivity contribution in [2.24, 2.45) is 11.3 Å². The van der Waals surface area contributed by atoms with E-state index in [2.05, 4.69) is 47.6 Å². The zero-order chi connectivity index (χ0) is 13.0. The van der Waals surface area contributed by atoms with Crippen molar-refractivity contribution in [3.8, 4) is 0 Å². The number of nitrogens with zero attached hydrogens (tertiary/aromatic N) is 1. The quantitative estimate of drug-likeness (QED) is 0.869. The van der Waals surface area contributed by atoms with Gasteiger partial charge < -0.3 is 10.1 Å². The van der Waals surface area contributed by atoms with Crippen molar-refractivity contribution in [2.45, 2.75) is 32.4 Å². The Bertz CT molecular complexity index is 619. The highest BCUT2D eigenvalue weighted by molar-refractivity contribution is 5.81. The summed E-state index contributed by atoms with van der Waals surface area (Å²) in [5.74, 6) is 0.660. The van der Waals surface area contributed by atoms with Gasteiger partial charge >= 0.3 is 0 Å². The number of hydrogen-bond acceptors (Lipinski definition) is 3. The number of benzene rings is 1. The molecule has 19 heavy (non-hydrogen) atoms. The summed E-state index contributed by atoms with van der Waals surface area (Å²) in [4.78, 5) is 0. The van der Waals surface area contributed by atoms with Gasteiger partial charge in [-0.1, -0.05) is 13.8 Å². The van der Waals surface area contributed by atoms with E-state index in [0.29, 0.717) is 18.1 Å². The summed E-state index contributed by atoms with van der Waals surface area (Å²) < 4.78 is 5.84. The minimum Gasteiger partial charge on any atom is -0.381 e. The van der Waals surface area contributed by atoms with Gasteiger partial charge in [0.1, 0.15) is 0 Å². The first-order chi connectivity index (χ1) is 9.16. The molecular formula is C15H19N3O. The van der Waals surface area contributed by atoms with E-state index in [1.807, 2.05) is 6.20 Å². The third-order valence-corrected chi connectivity index (χ3v) is 4.86. The van der Waals surface area contributed by atoms with Crippen LogP contribution < -0.4 is 5.32 Å². The van der Waals surface area contributed by atoms with Gasteiger partial charge in [-0.15, -0.1) is 0 Å². The van der Waals surface area contributed by atoms with Crippen molar-refractivity contribution in [1.82, 2.24) is 10.2 Å². The predicted molar refractivity (Wildman–Crippen MR) is 75.1 cm³/mol. The minimum atomic E-state index is 0.212. The molecule has 4 nitrogen and oxygen atoms in total. The summed E-state index contributed by atoms with van der Waals surface area (Å²) in [5, 5.41) is 11.9. The molecule has 0 amide bonds. The summed E-state index contributed by atoms with van der Waals surface area (Å²) >= 11 is 0. The van der Waals surface area contributed by atoms with Crippen LogP contribution in [-0.2, 0) is 4.74 Å². The lowest BCUT2D eigenvalue weighted by Gasteiger charge is -2.55. The van der Waals surface area contributed by atoms with Crippen molar-refractivity contribution in [1.29, 1.82) is 0 Å². The van der Waals surface area contributed by atoms with E-state index in [-0.39, 0.29) is 5.41 Å². The van der Waals surface area contributed by atoms with Crippen LogP contribution in [0, 0.1) is 11.3 Å². The molecule has 1 aliphatic heterocycles. The van der Waals surface area contributed by atoms with Crippen molar-refractivity contribution < 1.29 is 4.74 Å². The molecule has 0 spiro atoms. The fourth-order valence-electron chi connectivity index (χ4n) is 3.82. The van der Waals surface area contributed by atoms with Crippen LogP contribution >= 0.6 is 0 Å². The fourth-order valence-corrected chi connectivity index (χ4v) is 3.82. The van der Waals surface area contributed by atoms with Crippen LogP contribution in [-0.4, -0.2) is 29.0 Å². The predicted octanol–water partition coefficient (Wildman–Crippen LogP) is 2.79. The average molecular weight is 257 g/mol. The van der Waals surface area contributed by atoms with Crippen LogP contribution in [0.15, 0.2) is 24.4 Å². The number of hydrogen-bond donors (Lipinski definition) is 2. The summed E-state index contributed by atoms with van der Waals surface area (Å²) in [6.07, 6.45) is 3.46. The monoisotopic (exact) mass is 257 g/mol. The van der Waals surface area contributed by atoms with E-state index in [0.717, 1.165) is 17.5 Å². The maximum Gasteiger partial charge on any atom is 0.0694 e. The zero-order valence-electron chi connectivity index (χ0n) is 11.3. The first-order valence-electron chi connectivity index (χ1n) is 6.97. The van der Waals surface area contributed by atoms with Gasteiger partial charge in [0, 0.05) is 35.1 Å². The molecule has 3 atom stereocenters. The number of aromatic nitrogens is 2. The van der Waals surface area contributed by atoms with Crippen molar-refractivity contribution in [2.75, 3.05) is 11.9 Å². The Morgan fingerprint density at radius 1 is 1.42 bits per heavy atom. The third kappa shape index (κ3) is 1.53. The molecular weight excluding hydrogens is 238 g/mol. The fraction of sp³-hybridized carbons (Fsp3) is 0.533. The van der Waals surface area contributed by atoms with Crippen LogP contribution in [0.4, 0.5) is 5.69 Å². The third-order valence-electron chi connectivity index (χ3n) is 4.86. The molecule has 1 aliphatic carbocycles. The Kier molecular flexibility index (Phi) is 2.22. The number of rotatable bonds is 2. The minimum absolute atomic E-state index is 0.212. The number of aromatic amines is 1. The molecule has 2 aromatic rings. The normalized spacial score (nSPS) is 32.0. The van der Waals surface area contributed by atoms with E-state index in [9.17, 15) is 0 Å². The van der Waals surface area contributed by atoms with E-state index in [1.54, 1.807) is 0 Å². The Morgan fingerprint density at radius 3 is 3.21 bits per heavy atom. The highest BCUT2D eigenvalue weighted by Gasteiger charge is 2.59. The topological polar surface area (TPSA) is 49.9 Å². The van der Waals surface area contributed by atoms with E-state index < -0.39 is 0 Å². The second-order valence-corrected chi connectivity index (χ2v) is 6.36. The standard InChI is InChI=1S/C15H19N3O/c1-15(2)13(11-5-6-19-14(11)15)17-10-4-3-9-8-16-18-12(9)7-10/h3-4,7-8,11,13-14,17H,5-6H2,1-2H3,(H,16,18). The van der Waals surface area contributed by atoms with Crippen LogP contribution in [0.2, 0.25) is 0 Å². The lowest BCUT2D eigenvalue weighted by atomic mass is 9.57. The number of fused-ring (bicyclic) bond motifs is 2. The number of anilines is 1. The van der Waals surface area contributed by atoms with Gasteiger partial charge in [0.25, 0.3) is 0 Å². The highest BCUT2D eigenvalue weighted by atomic mass is 16.5. The molecule has 0 bridgehead atoms. The molecule has 0 radical (unpaired) electrons. The molecule has 4 rings (SSSR count). The second-order valence-electron chi connectivity index (χ2n) is 6.36. The van der Waals surface area contributed by atoms with Crippen LogP contribution in [0.3, 0.4) is 0 Å². The van der Waals surface area contributed by atoms with E-state index >= 15 is 0 Å². The van der Waals surface area contributed by atoms with Crippen molar-refractivity contribution in [3.63, 3.8) is 0 Å². The molecule has 2 fully saturated rings. The molecule has 2 N–H and O–H groups in total. The lowest BCUT2D eigenvalue weighted by Crippen LogP contribution is -2.63. The average Bonchev–Trinajstić information content (AvgIpc) is 3.03. The first kappa shape index (κ1) is 11.3. The maximum absolute atomic E-state index is 5.84. The van der Waals surface area contributed by atoms with Gasteiger partial charge in [-0.25, -0.2) is 0 Å². The van der Waals surface area contributed by atoms with Gasteiger partial charge in [0.2, 0.25) is 0 Å².